The smallest absolute Gasteiger partial charge is 0.214 e. The SMILES string of the molecule is Cl.Clc1cccc(Cl)c1CNCCCSc1nnnn1-c1ccccc1. The van der Waals surface area contributed by atoms with Crippen LogP contribution in [0.1, 0.15) is 12.0 Å². The first-order chi connectivity index (χ1) is 12.3. The number of benzene rings is 2. The van der Waals surface area contributed by atoms with E-state index in [4.69, 9.17) is 23.2 Å². The van der Waals surface area contributed by atoms with E-state index in [0.29, 0.717) is 16.6 Å². The number of nitrogens with one attached hydrogen (secondary N) is 1. The molecule has 3 rings (SSSR count). The molecule has 0 aliphatic rings. The summed E-state index contributed by atoms with van der Waals surface area (Å²) in [6.45, 7) is 1.52. The fraction of sp³-hybridized carbons (Fsp3) is 0.235. The predicted molar refractivity (Wildman–Crippen MR) is 110 cm³/mol. The van der Waals surface area contributed by atoms with Gasteiger partial charge in [0.25, 0.3) is 0 Å². The van der Waals surface area contributed by atoms with Crippen molar-refractivity contribution in [1.82, 2.24) is 25.5 Å². The van der Waals surface area contributed by atoms with Crippen LogP contribution in [0.4, 0.5) is 0 Å². The molecule has 1 heterocycles. The lowest BCUT2D eigenvalue weighted by Crippen LogP contribution is -2.16. The Morgan fingerprint density at radius 3 is 2.46 bits per heavy atom. The molecular formula is C17H18Cl3N5S. The van der Waals surface area contributed by atoms with Crippen LogP contribution in [0, 0.1) is 0 Å². The second-order valence-corrected chi connectivity index (χ2v) is 7.16. The van der Waals surface area contributed by atoms with E-state index < -0.39 is 0 Å². The summed E-state index contributed by atoms with van der Waals surface area (Å²) >= 11 is 14.0. The van der Waals surface area contributed by atoms with Gasteiger partial charge in [-0.2, -0.15) is 4.68 Å². The highest BCUT2D eigenvalue weighted by Gasteiger charge is 2.08. The highest BCUT2D eigenvalue weighted by Crippen LogP contribution is 2.24. The molecule has 0 radical (unpaired) electrons. The van der Waals surface area contributed by atoms with Gasteiger partial charge in [0.05, 0.1) is 5.69 Å². The zero-order valence-electron chi connectivity index (χ0n) is 13.8. The van der Waals surface area contributed by atoms with Crippen LogP contribution in [-0.2, 0) is 6.54 Å². The average molecular weight is 431 g/mol. The molecule has 0 saturated carbocycles. The summed E-state index contributed by atoms with van der Waals surface area (Å²) < 4.78 is 1.75. The largest absolute Gasteiger partial charge is 0.313 e. The van der Waals surface area contributed by atoms with Crippen LogP contribution < -0.4 is 5.32 Å². The minimum Gasteiger partial charge on any atom is -0.313 e. The third-order valence-corrected chi connectivity index (χ3v) is 5.25. The number of thioether (sulfide) groups is 1. The van der Waals surface area contributed by atoms with E-state index in [-0.39, 0.29) is 12.4 Å². The van der Waals surface area contributed by atoms with Crippen LogP contribution in [0.25, 0.3) is 5.69 Å². The predicted octanol–water partition coefficient (Wildman–Crippen LogP) is 4.66. The molecule has 0 aliphatic carbocycles. The molecule has 26 heavy (non-hydrogen) atoms. The van der Waals surface area contributed by atoms with E-state index >= 15 is 0 Å². The number of aromatic nitrogens is 4. The van der Waals surface area contributed by atoms with Crippen molar-refractivity contribution in [3.63, 3.8) is 0 Å². The lowest BCUT2D eigenvalue weighted by molar-refractivity contribution is 0.678. The molecule has 0 unspecified atom stereocenters. The normalized spacial score (nSPS) is 10.5. The first-order valence-corrected chi connectivity index (χ1v) is 9.60. The second-order valence-electron chi connectivity index (χ2n) is 5.29. The minimum atomic E-state index is 0. The Bertz CT molecular complexity index is 793. The molecule has 0 atom stereocenters. The first kappa shape index (κ1) is 21.0. The number of hydrogen-bond donors (Lipinski definition) is 1. The van der Waals surface area contributed by atoms with E-state index in [2.05, 4.69) is 20.8 Å². The van der Waals surface area contributed by atoms with Crippen molar-refractivity contribution in [2.24, 2.45) is 0 Å². The molecule has 138 valence electrons. The molecule has 0 bridgehead atoms. The molecule has 0 aliphatic heterocycles. The van der Waals surface area contributed by atoms with Gasteiger partial charge in [0.2, 0.25) is 5.16 Å². The molecule has 0 spiro atoms. The lowest BCUT2D eigenvalue weighted by atomic mass is 10.2. The van der Waals surface area contributed by atoms with Gasteiger partial charge in [0.1, 0.15) is 0 Å². The van der Waals surface area contributed by atoms with Crippen LogP contribution in [0.5, 0.6) is 0 Å². The Kier molecular flexibility index (Phi) is 8.68. The van der Waals surface area contributed by atoms with Gasteiger partial charge >= 0.3 is 0 Å². The maximum atomic E-state index is 6.16. The molecule has 0 amide bonds. The number of nitrogens with zero attached hydrogens (tertiary/aromatic N) is 4. The summed E-state index contributed by atoms with van der Waals surface area (Å²) in [7, 11) is 0. The summed E-state index contributed by atoms with van der Waals surface area (Å²) in [6, 6.07) is 15.4. The Morgan fingerprint density at radius 2 is 1.73 bits per heavy atom. The van der Waals surface area contributed by atoms with Gasteiger partial charge < -0.3 is 5.32 Å². The number of hydrogen-bond acceptors (Lipinski definition) is 5. The van der Waals surface area contributed by atoms with Crippen molar-refractivity contribution < 1.29 is 0 Å². The molecule has 1 N–H and O–H groups in total. The monoisotopic (exact) mass is 429 g/mol. The van der Waals surface area contributed by atoms with Crippen molar-refractivity contribution >= 4 is 47.4 Å². The maximum Gasteiger partial charge on any atom is 0.214 e. The zero-order valence-corrected chi connectivity index (χ0v) is 17.0. The molecule has 9 heteroatoms. The fourth-order valence-electron chi connectivity index (χ4n) is 2.28. The molecule has 5 nitrogen and oxygen atoms in total. The van der Waals surface area contributed by atoms with Gasteiger partial charge in [-0.1, -0.05) is 59.2 Å². The van der Waals surface area contributed by atoms with Gasteiger partial charge in [-0.3, -0.25) is 0 Å². The first-order valence-electron chi connectivity index (χ1n) is 7.86. The van der Waals surface area contributed by atoms with E-state index in [1.807, 2.05) is 48.5 Å². The Hall–Kier alpha value is -1.31. The van der Waals surface area contributed by atoms with Gasteiger partial charge in [-0.05, 0) is 47.7 Å². The highest BCUT2D eigenvalue weighted by molar-refractivity contribution is 7.99. The fourth-order valence-corrected chi connectivity index (χ4v) is 3.64. The van der Waals surface area contributed by atoms with Crippen LogP contribution in [0.2, 0.25) is 10.0 Å². The standard InChI is InChI=1S/C17H17Cl2N5S.ClH/c18-15-8-4-9-16(19)14(15)12-20-10-5-11-25-17-21-22-23-24(17)13-6-2-1-3-7-13;/h1-4,6-9,20H,5,10-12H2;1H. The highest BCUT2D eigenvalue weighted by atomic mass is 35.5. The lowest BCUT2D eigenvalue weighted by Gasteiger charge is -2.08. The molecule has 3 aromatic rings. The Morgan fingerprint density at radius 1 is 1.00 bits per heavy atom. The maximum absolute atomic E-state index is 6.16. The van der Waals surface area contributed by atoms with E-state index in [1.54, 1.807) is 16.4 Å². The number of halogens is 3. The van der Waals surface area contributed by atoms with Crippen molar-refractivity contribution in [2.75, 3.05) is 12.3 Å². The minimum absolute atomic E-state index is 0. The quantitative estimate of drug-likeness (QED) is 0.416. The van der Waals surface area contributed by atoms with E-state index in [0.717, 1.165) is 35.1 Å². The Balaban J connectivity index is 0.00000243. The third-order valence-electron chi connectivity index (χ3n) is 3.53. The summed E-state index contributed by atoms with van der Waals surface area (Å²) in [5.41, 5.74) is 1.90. The van der Waals surface area contributed by atoms with E-state index in [1.165, 1.54) is 0 Å². The van der Waals surface area contributed by atoms with Gasteiger partial charge in [0, 0.05) is 27.9 Å². The van der Waals surface area contributed by atoms with Gasteiger partial charge in [0.15, 0.2) is 0 Å². The number of tetrazole rings is 1. The molecular weight excluding hydrogens is 413 g/mol. The van der Waals surface area contributed by atoms with Crippen molar-refractivity contribution in [1.29, 1.82) is 0 Å². The molecule has 0 fully saturated rings. The van der Waals surface area contributed by atoms with Gasteiger partial charge in [-0.25, -0.2) is 0 Å². The molecule has 0 saturated heterocycles. The average Bonchev–Trinajstić information content (AvgIpc) is 3.09. The van der Waals surface area contributed by atoms with Crippen molar-refractivity contribution in [3.05, 3.63) is 64.1 Å². The summed E-state index contributed by atoms with van der Waals surface area (Å²) in [6.07, 6.45) is 0.981. The second kappa shape index (κ2) is 10.7. The molecule has 1 aromatic heterocycles. The third kappa shape index (κ3) is 5.59. The van der Waals surface area contributed by atoms with Crippen molar-refractivity contribution in [3.8, 4) is 5.69 Å². The van der Waals surface area contributed by atoms with E-state index in [9.17, 15) is 0 Å². The van der Waals surface area contributed by atoms with Crippen LogP contribution in [0.3, 0.4) is 0 Å². The van der Waals surface area contributed by atoms with Crippen LogP contribution in [0.15, 0.2) is 53.7 Å². The van der Waals surface area contributed by atoms with Crippen LogP contribution in [-0.4, -0.2) is 32.5 Å². The van der Waals surface area contributed by atoms with Gasteiger partial charge in [-0.15, -0.1) is 17.5 Å². The van der Waals surface area contributed by atoms with Crippen LogP contribution >= 0.6 is 47.4 Å². The summed E-state index contributed by atoms with van der Waals surface area (Å²) in [4.78, 5) is 0. The van der Waals surface area contributed by atoms with Crippen molar-refractivity contribution in [2.45, 2.75) is 18.1 Å². The molecule has 2 aromatic carbocycles. The summed E-state index contributed by atoms with van der Waals surface area (Å²) in [5.74, 6) is 0.913. The number of para-hydroxylation sites is 1. The summed E-state index contributed by atoms with van der Waals surface area (Å²) in [5, 5.41) is 17.5. The topological polar surface area (TPSA) is 55.6 Å². The number of rotatable bonds is 8. The zero-order chi connectivity index (χ0) is 17.5. The Labute approximate surface area is 172 Å².